The molecule has 2 heterocycles. The van der Waals surface area contributed by atoms with E-state index < -0.39 is 0 Å². The normalized spacial score (nSPS) is 14.0. The average Bonchev–Trinajstić information content (AvgIpc) is 3.29. The van der Waals surface area contributed by atoms with Gasteiger partial charge in [-0.15, -0.1) is 0 Å². The molecule has 0 saturated carbocycles. The molecular formula is C21H21N5O2. The summed E-state index contributed by atoms with van der Waals surface area (Å²) in [5, 5.41) is 6.93. The van der Waals surface area contributed by atoms with E-state index in [-0.39, 0.29) is 5.91 Å². The third-order valence-corrected chi connectivity index (χ3v) is 4.89. The Kier molecular flexibility index (Phi) is 5.05. The molecule has 0 bridgehead atoms. The molecule has 0 aliphatic carbocycles. The van der Waals surface area contributed by atoms with Gasteiger partial charge in [0.1, 0.15) is 0 Å². The molecule has 7 heteroatoms. The number of carbonyl (C=O) groups is 2. The molecule has 0 unspecified atom stereocenters. The zero-order valence-corrected chi connectivity index (χ0v) is 15.4. The first-order valence-corrected chi connectivity index (χ1v) is 9.20. The lowest BCUT2D eigenvalue weighted by Gasteiger charge is -2.36. The molecule has 0 spiro atoms. The van der Waals surface area contributed by atoms with Crippen molar-refractivity contribution >= 4 is 23.7 Å². The molecule has 0 atom stereocenters. The van der Waals surface area contributed by atoms with E-state index in [1.807, 2.05) is 65.7 Å². The van der Waals surface area contributed by atoms with Crippen molar-refractivity contribution in [3.8, 4) is 5.69 Å². The van der Waals surface area contributed by atoms with E-state index in [0.717, 1.165) is 30.2 Å². The van der Waals surface area contributed by atoms with Gasteiger partial charge in [0.15, 0.2) is 0 Å². The van der Waals surface area contributed by atoms with Gasteiger partial charge in [-0.25, -0.2) is 4.68 Å². The molecular weight excluding hydrogens is 354 g/mol. The molecule has 7 nitrogen and oxygen atoms in total. The predicted octanol–water partition coefficient (Wildman–Crippen LogP) is 2.40. The Balaban J connectivity index is 1.47. The molecule has 3 aromatic rings. The predicted molar refractivity (Wildman–Crippen MR) is 108 cm³/mol. The van der Waals surface area contributed by atoms with E-state index in [9.17, 15) is 9.59 Å². The second-order valence-electron chi connectivity index (χ2n) is 6.56. The molecule has 1 aliphatic rings. The lowest BCUT2D eigenvalue weighted by molar-refractivity contribution is -0.105. The van der Waals surface area contributed by atoms with Crippen molar-refractivity contribution in [1.82, 2.24) is 14.7 Å². The molecule has 142 valence electrons. The Morgan fingerprint density at radius 1 is 1.00 bits per heavy atom. The number of carbonyl (C=O) groups excluding carboxylic acids is 2. The summed E-state index contributed by atoms with van der Waals surface area (Å²) in [5.74, 6) is 0.0159. The average molecular weight is 375 g/mol. The number of aromatic nitrogens is 2. The topological polar surface area (TPSA) is 70.5 Å². The lowest BCUT2D eigenvalue weighted by Crippen LogP contribution is -2.49. The SMILES string of the molecule is O=CNc1cccc(N2CCN(C(=O)c3ccccc3-n3cccn3)CC2)c1. The Morgan fingerprint density at radius 2 is 1.82 bits per heavy atom. The number of rotatable bonds is 5. The van der Waals surface area contributed by atoms with E-state index in [1.165, 1.54) is 0 Å². The van der Waals surface area contributed by atoms with Crippen LogP contribution in [0, 0.1) is 0 Å². The lowest BCUT2D eigenvalue weighted by atomic mass is 10.1. The van der Waals surface area contributed by atoms with Crippen molar-refractivity contribution in [2.75, 3.05) is 36.4 Å². The molecule has 2 aromatic carbocycles. The summed E-state index contributed by atoms with van der Waals surface area (Å²) in [6.07, 6.45) is 4.21. The number of hydrogen-bond acceptors (Lipinski definition) is 4. The quantitative estimate of drug-likeness (QED) is 0.695. The highest BCUT2D eigenvalue weighted by molar-refractivity contribution is 5.98. The number of hydrogen-bond donors (Lipinski definition) is 1. The number of para-hydroxylation sites is 1. The van der Waals surface area contributed by atoms with Gasteiger partial charge in [0.2, 0.25) is 6.41 Å². The summed E-state index contributed by atoms with van der Waals surface area (Å²) in [7, 11) is 0. The smallest absolute Gasteiger partial charge is 0.256 e. The molecule has 4 rings (SSSR count). The maximum Gasteiger partial charge on any atom is 0.256 e. The fraction of sp³-hybridized carbons (Fsp3) is 0.190. The zero-order chi connectivity index (χ0) is 19.3. The minimum atomic E-state index is 0.0159. The van der Waals surface area contributed by atoms with Crippen molar-refractivity contribution in [3.05, 3.63) is 72.6 Å². The first-order chi connectivity index (χ1) is 13.8. The van der Waals surface area contributed by atoms with Gasteiger partial charge in [0.25, 0.3) is 5.91 Å². The van der Waals surface area contributed by atoms with E-state index in [1.54, 1.807) is 10.9 Å². The van der Waals surface area contributed by atoms with Gasteiger partial charge in [-0.1, -0.05) is 18.2 Å². The van der Waals surface area contributed by atoms with Crippen LogP contribution in [-0.2, 0) is 4.79 Å². The minimum Gasteiger partial charge on any atom is -0.368 e. The van der Waals surface area contributed by atoms with Gasteiger partial charge in [0, 0.05) is 49.9 Å². The summed E-state index contributed by atoms with van der Waals surface area (Å²) in [4.78, 5) is 27.9. The fourth-order valence-electron chi connectivity index (χ4n) is 3.46. The van der Waals surface area contributed by atoms with Crippen LogP contribution in [0.3, 0.4) is 0 Å². The van der Waals surface area contributed by atoms with Crippen molar-refractivity contribution in [2.45, 2.75) is 0 Å². The number of amides is 2. The van der Waals surface area contributed by atoms with E-state index in [2.05, 4.69) is 15.3 Å². The van der Waals surface area contributed by atoms with Gasteiger partial charge in [-0.3, -0.25) is 9.59 Å². The van der Waals surface area contributed by atoms with Crippen LogP contribution in [0.4, 0.5) is 11.4 Å². The van der Waals surface area contributed by atoms with E-state index in [4.69, 9.17) is 0 Å². The number of benzene rings is 2. The number of nitrogens with zero attached hydrogens (tertiary/aromatic N) is 4. The van der Waals surface area contributed by atoms with Crippen LogP contribution < -0.4 is 10.2 Å². The van der Waals surface area contributed by atoms with Gasteiger partial charge < -0.3 is 15.1 Å². The summed E-state index contributed by atoms with van der Waals surface area (Å²) >= 11 is 0. The Labute approximate surface area is 163 Å². The summed E-state index contributed by atoms with van der Waals surface area (Å²) < 4.78 is 1.72. The first-order valence-electron chi connectivity index (χ1n) is 9.20. The summed E-state index contributed by atoms with van der Waals surface area (Å²) in [5.41, 5.74) is 3.24. The highest BCUT2D eigenvalue weighted by Crippen LogP contribution is 2.22. The van der Waals surface area contributed by atoms with Crippen molar-refractivity contribution in [1.29, 1.82) is 0 Å². The second-order valence-corrected chi connectivity index (χ2v) is 6.56. The second kappa shape index (κ2) is 7.96. The van der Waals surface area contributed by atoms with Gasteiger partial charge in [-0.05, 0) is 36.4 Å². The van der Waals surface area contributed by atoms with Crippen molar-refractivity contribution in [2.24, 2.45) is 0 Å². The van der Waals surface area contributed by atoms with Crippen LogP contribution in [0.5, 0.6) is 0 Å². The maximum absolute atomic E-state index is 13.1. The number of anilines is 2. The Hall–Kier alpha value is -3.61. The maximum atomic E-state index is 13.1. The third-order valence-electron chi connectivity index (χ3n) is 4.89. The van der Waals surface area contributed by atoms with E-state index in [0.29, 0.717) is 25.1 Å². The van der Waals surface area contributed by atoms with Crippen LogP contribution in [0.1, 0.15) is 10.4 Å². The first kappa shape index (κ1) is 17.8. The largest absolute Gasteiger partial charge is 0.368 e. The van der Waals surface area contributed by atoms with Gasteiger partial charge in [0.05, 0.1) is 11.3 Å². The van der Waals surface area contributed by atoms with Crippen LogP contribution in [0.2, 0.25) is 0 Å². The molecule has 1 aliphatic heterocycles. The third kappa shape index (κ3) is 3.59. The highest BCUT2D eigenvalue weighted by Gasteiger charge is 2.24. The minimum absolute atomic E-state index is 0.0159. The molecule has 1 aromatic heterocycles. The summed E-state index contributed by atoms with van der Waals surface area (Å²) in [6, 6.07) is 17.1. The standard InChI is InChI=1S/C21H21N5O2/c27-16-22-17-5-3-6-18(15-17)24-11-13-25(14-12-24)21(28)19-7-1-2-8-20(19)26-10-4-9-23-26/h1-10,15-16H,11-14H2,(H,22,27). The fourth-order valence-corrected chi connectivity index (χ4v) is 3.46. The van der Waals surface area contributed by atoms with Gasteiger partial charge in [-0.2, -0.15) is 5.10 Å². The Morgan fingerprint density at radius 3 is 2.57 bits per heavy atom. The van der Waals surface area contributed by atoms with Crippen LogP contribution >= 0.6 is 0 Å². The van der Waals surface area contributed by atoms with Crippen LogP contribution in [-0.4, -0.2) is 53.2 Å². The highest BCUT2D eigenvalue weighted by atomic mass is 16.2. The number of nitrogens with one attached hydrogen (secondary N) is 1. The molecule has 2 amide bonds. The molecule has 1 saturated heterocycles. The van der Waals surface area contributed by atoms with E-state index >= 15 is 0 Å². The molecule has 0 radical (unpaired) electrons. The molecule has 1 N–H and O–H groups in total. The molecule has 1 fully saturated rings. The van der Waals surface area contributed by atoms with Crippen molar-refractivity contribution in [3.63, 3.8) is 0 Å². The Bertz CT molecular complexity index is 962. The number of piperazine rings is 1. The zero-order valence-electron chi connectivity index (χ0n) is 15.4. The molecule has 28 heavy (non-hydrogen) atoms. The van der Waals surface area contributed by atoms with Gasteiger partial charge >= 0.3 is 0 Å². The van der Waals surface area contributed by atoms with Crippen LogP contribution in [0.25, 0.3) is 5.69 Å². The monoisotopic (exact) mass is 375 g/mol. The van der Waals surface area contributed by atoms with Crippen LogP contribution in [0.15, 0.2) is 67.0 Å². The van der Waals surface area contributed by atoms with Crippen molar-refractivity contribution < 1.29 is 9.59 Å². The summed E-state index contributed by atoms with van der Waals surface area (Å²) in [6.45, 7) is 2.75.